The van der Waals surface area contributed by atoms with Gasteiger partial charge >= 0.3 is 0 Å². The first kappa shape index (κ1) is 9.64. The highest BCUT2D eigenvalue weighted by atomic mass is 35.5. The summed E-state index contributed by atoms with van der Waals surface area (Å²) in [5.41, 5.74) is 0.329. The molecule has 0 fully saturated rings. The van der Waals surface area contributed by atoms with Gasteiger partial charge in [0, 0.05) is 6.07 Å². The topological polar surface area (TPSA) is 66.0 Å². The summed E-state index contributed by atoms with van der Waals surface area (Å²) in [5, 5.41) is 17.8. The van der Waals surface area contributed by atoms with Gasteiger partial charge in [-0.2, -0.15) is 10.5 Å². The quantitative estimate of drug-likeness (QED) is 0.669. The Hall–Kier alpha value is -1.91. The molecular weight excluding hydrogens is 216 g/mol. The molecule has 1 heterocycles. The summed E-state index contributed by atoms with van der Waals surface area (Å²) in [6.45, 7) is 0.809. The molecule has 0 unspecified atom stereocenters. The van der Waals surface area contributed by atoms with Crippen LogP contribution in [-0.2, 0) is 0 Å². The number of fused-ring (bicyclic) bond motifs is 1. The van der Waals surface area contributed by atoms with Crippen molar-refractivity contribution in [3.63, 3.8) is 0 Å². The summed E-state index contributed by atoms with van der Waals surface area (Å²) >= 11 is 5.93. The Labute approximate surface area is 91.2 Å². The minimum atomic E-state index is 0.128. The summed E-state index contributed by atoms with van der Waals surface area (Å²) in [7, 11) is 0. The number of benzene rings is 1. The zero-order chi connectivity index (χ0) is 10.8. The maximum atomic E-state index is 8.85. The summed E-state index contributed by atoms with van der Waals surface area (Å²) in [6, 6.07) is 5.24. The maximum Gasteiger partial charge on any atom is 0.181 e. The van der Waals surface area contributed by atoms with Crippen LogP contribution in [-0.4, -0.2) is 13.2 Å². The van der Waals surface area contributed by atoms with Crippen molar-refractivity contribution in [3.05, 3.63) is 22.2 Å². The molecule has 1 aliphatic heterocycles. The number of nitriles is 2. The summed E-state index contributed by atoms with van der Waals surface area (Å²) < 4.78 is 10.6. The molecule has 0 spiro atoms. The standard InChI is InChI=1S/C10H5ClN2O2/c11-9-7(5-13)6(4-12)3-8-10(9)15-2-1-14-8/h3H,1-2H2. The Morgan fingerprint density at radius 1 is 1.20 bits per heavy atom. The molecule has 1 aliphatic rings. The summed E-state index contributed by atoms with van der Waals surface area (Å²) in [5.74, 6) is 0.764. The number of hydrogen-bond donors (Lipinski definition) is 0. The fraction of sp³-hybridized carbons (Fsp3) is 0.200. The van der Waals surface area contributed by atoms with E-state index < -0.39 is 0 Å². The lowest BCUT2D eigenvalue weighted by molar-refractivity contribution is 0.171. The molecule has 0 aliphatic carbocycles. The monoisotopic (exact) mass is 220 g/mol. The van der Waals surface area contributed by atoms with Crippen molar-refractivity contribution in [3.8, 4) is 23.6 Å². The largest absolute Gasteiger partial charge is 0.486 e. The van der Waals surface area contributed by atoms with Crippen molar-refractivity contribution in [1.29, 1.82) is 10.5 Å². The van der Waals surface area contributed by atoms with Gasteiger partial charge in [-0.3, -0.25) is 0 Å². The zero-order valence-electron chi connectivity index (χ0n) is 7.58. The Kier molecular flexibility index (Phi) is 2.37. The Bertz CT molecular complexity index is 500. The first-order chi connectivity index (χ1) is 7.27. The third kappa shape index (κ3) is 1.45. The van der Waals surface area contributed by atoms with E-state index in [1.54, 1.807) is 0 Å². The third-order valence-electron chi connectivity index (χ3n) is 2.01. The molecule has 0 amide bonds. The van der Waals surface area contributed by atoms with Crippen LogP contribution < -0.4 is 9.47 Å². The smallest absolute Gasteiger partial charge is 0.181 e. The number of rotatable bonds is 0. The average Bonchev–Trinajstić information content (AvgIpc) is 2.29. The van der Waals surface area contributed by atoms with E-state index in [4.69, 9.17) is 31.6 Å². The molecule has 0 N–H and O–H groups in total. The summed E-state index contributed by atoms with van der Waals surface area (Å²) in [6.07, 6.45) is 0. The number of ether oxygens (including phenoxy) is 2. The minimum Gasteiger partial charge on any atom is -0.486 e. The number of hydrogen-bond acceptors (Lipinski definition) is 4. The summed E-state index contributed by atoms with van der Waals surface area (Å²) in [4.78, 5) is 0. The highest BCUT2D eigenvalue weighted by Gasteiger charge is 2.21. The highest BCUT2D eigenvalue weighted by molar-refractivity contribution is 6.33. The van der Waals surface area contributed by atoms with Crippen molar-refractivity contribution in [1.82, 2.24) is 0 Å². The molecule has 0 saturated heterocycles. The Morgan fingerprint density at radius 3 is 2.60 bits per heavy atom. The fourth-order valence-electron chi connectivity index (χ4n) is 1.34. The molecule has 0 aromatic heterocycles. The molecule has 74 valence electrons. The van der Waals surface area contributed by atoms with E-state index in [2.05, 4.69) is 0 Å². The van der Waals surface area contributed by atoms with Crippen LogP contribution in [0.5, 0.6) is 11.5 Å². The number of nitrogens with zero attached hydrogens (tertiary/aromatic N) is 2. The molecule has 2 rings (SSSR count). The highest BCUT2D eigenvalue weighted by Crippen LogP contribution is 2.40. The van der Waals surface area contributed by atoms with Crippen LogP contribution in [0.1, 0.15) is 11.1 Å². The molecular formula is C10H5ClN2O2. The van der Waals surface area contributed by atoms with Crippen LogP contribution in [0.25, 0.3) is 0 Å². The first-order valence-corrected chi connectivity index (χ1v) is 4.58. The molecule has 1 aromatic carbocycles. The third-order valence-corrected chi connectivity index (χ3v) is 2.37. The van der Waals surface area contributed by atoms with E-state index in [1.165, 1.54) is 6.07 Å². The van der Waals surface area contributed by atoms with Crippen molar-refractivity contribution >= 4 is 11.6 Å². The second-order valence-electron chi connectivity index (χ2n) is 2.86. The van der Waals surface area contributed by atoms with Crippen LogP contribution >= 0.6 is 11.6 Å². The Morgan fingerprint density at radius 2 is 1.93 bits per heavy atom. The van der Waals surface area contributed by atoms with Gasteiger partial charge in [-0.25, -0.2) is 0 Å². The van der Waals surface area contributed by atoms with E-state index in [-0.39, 0.29) is 16.1 Å². The van der Waals surface area contributed by atoms with E-state index in [0.717, 1.165) is 0 Å². The lowest BCUT2D eigenvalue weighted by Crippen LogP contribution is -2.16. The van der Waals surface area contributed by atoms with Crippen LogP contribution in [0.2, 0.25) is 5.02 Å². The fourth-order valence-corrected chi connectivity index (χ4v) is 1.64. The molecule has 0 saturated carbocycles. The van der Waals surface area contributed by atoms with Crippen molar-refractivity contribution in [2.75, 3.05) is 13.2 Å². The van der Waals surface area contributed by atoms with E-state index in [0.29, 0.717) is 24.7 Å². The van der Waals surface area contributed by atoms with Gasteiger partial charge in [-0.15, -0.1) is 0 Å². The first-order valence-electron chi connectivity index (χ1n) is 4.20. The second-order valence-corrected chi connectivity index (χ2v) is 3.24. The van der Waals surface area contributed by atoms with Crippen LogP contribution in [0, 0.1) is 22.7 Å². The van der Waals surface area contributed by atoms with Crippen LogP contribution in [0.15, 0.2) is 6.07 Å². The molecule has 1 aromatic rings. The predicted octanol–water partition coefficient (Wildman–Crippen LogP) is 1.85. The van der Waals surface area contributed by atoms with Crippen molar-refractivity contribution in [2.24, 2.45) is 0 Å². The molecule has 0 atom stereocenters. The normalized spacial score (nSPS) is 12.7. The second kappa shape index (κ2) is 3.68. The van der Waals surface area contributed by atoms with Gasteiger partial charge < -0.3 is 9.47 Å². The maximum absolute atomic E-state index is 8.85. The van der Waals surface area contributed by atoms with Gasteiger partial charge in [0.15, 0.2) is 11.5 Å². The minimum absolute atomic E-state index is 0.128. The van der Waals surface area contributed by atoms with E-state index >= 15 is 0 Å². The number of halogens is 1. The van der Waals surface area contributed by atoms with Crippen molar-refractivity contribution in [2.45, 2.75) is 0 Å². The molecule has 15 heavy (non-hydrogen) atoms. The van der Waals surface area contributed by atoms with Crippen LogP contribution in [0.4, 0.5) is 0 Å². The van der Waals surface area contributed by atoms with Gasteiger partial charge in [0.05, 0.1) is 11.1 Å². The molecule has 4 nitrogen and oxygen atoms in total. The molecule has 5 heteroatoms. The van der Waals surface area contributed by atoms with Gasteiger partial charge in [-0.05, 0) is 0 Å². The van der Waals surface area contributed by atoms with Crippen molar-refractivity contribution < 1.29 is 9.47 Å². The molecule has 0 radical (unpaired) electrons. The SMILES string of the molecule is N#Cc1cc2c(c(Cl)c1C#N)OCCO2. The van der Waals surface area contributed by atoms with Gasteiger partial charge in [0.1, 0.15) is 30.4 Å². The van der Waals surface area contributed by atoms with Gasteiger partial charge in [-0.1, -0.05) is 11.6 Å². The average molecular weight is 221 g/mol. The zero-order valence-corrected chi connectivity index (χ0v) is 8.34. The lowest BCUT2D eigenvalue weighted by atomic mass is 10.1. The van der Waals surface area contributed by atoms with Crippen LogP contribution in [0.3, 0.4) is 0 Å². The van der Waals surface area contributed by atoms with Gasteiger partial charge in [0.2, 0.25) is 0 Å². The predicted molar refractivity (Wildman–Crippen MR) is 51.9 cm³/mol. The van der Waals surface area contributed by atoms with E-state index in [1.807, 2.05) is 12.1 Å². The lowest BCUT2D eigenvalue weighted by Gasteiger charge is -2.20. The van der Waals surface area contributed by atoms with E-state index in [9.17, 15) is 0 Å². The Balaban J connectivity index is 2.70. The molecule has 0 bridgehead atoms. The van der Waals surface area contributed by atoms with Gasteiger partial charge in [0.25, 0.3) is 0 Å².